The van der Waals surface area contributed by atoms with Gasteiger partial charge in [0.1, 0.15) is 4.90 Å². The lowest BCUT2D eigenvalue weighted by Crippen LogP contribution is -2.46. The standard InChI is InChI=1S/C14H18F3N9O2S/c15-14(16,17)8-1-2-9(26-5-3-7(4-6-26)21-13(18)19)10(11(8)29(20,27)28)12-22-24-25-23-12/h1-2,7H,3-6H2,(H4,18,19,21)(H2,20,27,28)(H,22,23,24,25). The molecule has 11 nitrogen and oxygen atoms in total. The lowest BCUT2D eigenvalue weighted by atomic mass is 10.0. The first-order valence-electron chi connectivity index (χ1n) is 8.35. The number of rotatable bonds is 4. The highest BCUT2D eigenvalue weighted by atomic mass is 32.2. The second-order valence-corrected chi connectivity index (χ2v) is 7.95. The van der Waals surface area contributed by atoms with Gasteiger partial charge in [0.05, 0.1) is 11.1 Å². The van der Waals surface area contributed by atoms with Crippen molar-refractivity contribution in [1.82, 2.24) is 25.9 Å². The molecule has 29 heavy (non-hydrogen) atoms. The van der Waals surface area contributed by atoms with E-state index >= 15 is 0 Å². The molecule has 2 aromatic rings. The number of aromatic nitrogens is 4. The van der Waals surface area contributed by atoms with Crippen LogP contribution in [0.4, 0.5) is 18.9 Å². The van der Waals surface area contributed by atoms with Crippen molar-refractivity contribution in [1.29, 1.82) is 5.41 Å². The van der Waals surface area contributed by atoms with Crippen LogP contribution >= 0.6 is 0 Å². The zero-order chi connectivity index (χ0) is 21.4. The Kier molecular flexibility index (Phi) is 5.36. The number of H-pyrrole nitrogens is 1. The van der Waals surface area contributed by atoms with Crippen LogP contribution in [0.3, 0.4) is 0 Å². The molecule has 1 saturated heterocycles. The van der Waals surface area contributed by atoms with Gasteiger partial charge in [-0.05, 0) is 35.4 Å². The molecule has 0 spiro atoms. The lowest BCUT2D eigenvalue weighted by Gasteiger charge is -2.35. The van der Waals surface area contributed by atoms with E-state index in [4.69, 9.17) is 16.3 Å². The van der Waals surface area contributed by atoms with E-state index in [1.54, 1.807) is 4.90 Å². The number of tetrazole rings is 1. The molecule has 1 aromatic heterocycles. The summed E-state index contributed by atoms with van der Waals surface area (Å²) in [4.78, 5) is 0.621. The number of aromatic amines is 1. The number of piperidine rings is 1. The maximum Gasteiger partial charge on any atom is 0.417 e. The van der Waals surface area contributed by atoms with E-state index in [1.165, 1.54) is 6.07 Å². The molecule has 158 valence electrons. The molecule has 0 radical (unpaired) electrons. The number of hydrogen-bond acceptors (Lipinski definition) is 7. The van der Waals surface area contributed by atoms with Gasteiger partial charge in [0, 0.05) is 24.8 Å². The zero-order valence-electron chi connectivity index (χ0n) is 14.9. The van der Waals surface area contributed by atoms with Crippen molar-refractivity contribution in [2.24, 2.45) is 10.9 Å². The Balaban J connectivity index is 2.13. The third-order valence-corrected chi connectivity index (χ3v) is 5.50. The Morgan fingerprint density at radius 2 is 1.97 bits per heavy atom. The first-order valence-corrected chi connectivity index (χ1v) is 9.89. The first-order chi connectivity index (χ1) is 13.5. The quantitative estimate of drug-likeness (QED) is 0.330. The molecule has 2 heterocycles. The molecule has 1 aliphatic rings. The van der Waals surface area contributed by atoms with Gasteiger partial charge in [-0.25, -0.2) is 18.7 Å². The number of nitrogens with one attached hydrogen (secondary N) is 3. The minimum Gasteiger partial charge on any atom is -0.371 e. The highest BCUT2D eigenvalue weighted by molar-refractivity contribution is 7.89. The van der Waals surface area contributed by atoms with Gasteiger partial charge in [-0.2, -0.15) is 13.2 Å². The summed E-state index contributed by atoms with van der Waals surface area (Å²) in [7, 11) is -4.78. The number of nitrogens with two attached hydrogens (primary N) is 2. The normalized spacial score (nSPS) is 16.1. The van der Waals surface area contributed by atoms with Crippen LogP contribution < -0.4 is 21.1 Å². The number of nitrogens with zero attached hydrogens (tertiary/aromatic N) is 4. The van der Waals surface area contributed by atoms with Crippen molar-refractivity contribution in [3.8, 4) is 11.4 Å². The molecule has 15 heteroatoms. The molecular weight excluding hydrogens is 415 g/mol. The van der Waals surface area contributed by atoms with Gasteiger partial charge in [-0.3, -0.25) is 5.41 Å². The number of anilines is 1. The monoisotopic (exact) mass is 433 g/mol. The predicted octanol–water partition coefficient (Wildman–Crippen LogP) is -0.0152. The minimum absolute atomic E-state index is 0.0775. The smallest absolute Gasteiger partial charge is 0.371 e. The zero-order valence-corrected chi connectivity index (χ0v) is 15.7. The highest BCUT2D eigenvalue weighted by Crippen LogP contribution is 2.43. The number of hydrogen-bond donors (Lipinski definition) is 5. The predicted molar refractivity (Wildman–Crippen MR) is 96.3 cm³/mol. The number of primary sulfonamides is 1. The van der Waals surface area contributed by atoms with E-state index in [1.807, 2.05) is 0 Å². The van der Waals surface area contributed by atoms with Gasteiger partial charge in [0.15, 0.2) is 11.8 Å². The van der Waals surface area contributed by atoms with Crippen molar-refractivity contribution in [3.63, 3.8) is 0 Å². The summed E-state index contributed by atoms with van der Waals surface area (Å²) in [5.41, 5.74) is 3.78. The van der Waals surface area contributed by atoms with E-state index in [0.717, 1.165) is 0 Å². The fourth-order valence-electron chi connectivity index (χ4n) is 3.33. The summed E-state index contributed by atoms with van der Waals surface area (Å²) in [6, 6.07) is 1.78. The average Bonchev–Trinajstić information content (AvgIpc) is 3.13. The molecule has 3 rings (SSSR count). The number of alkyl halides is 3. The van der Waals surface area contributed by atoms with Gasteiger partial charge in [0.2, 0.25) is 10.0 Å². The SMILES string of the molecule is N=C(N)NC1CCN(c2ccc(C(F)(F)F)c(S(N)(=O)=O)c2-c2nnn[nH]2)CC1. The molecule has 0 saturated carbocycles. The summed E-state index contributed by atoms with van der Waals surface area (Å²) >= 11 is 0. The fourth-order valence-corrected chi connectivity index (χ4v) is 4.31. The van der Waals surface area contributed by atoms with Gasteiger partial charge < -0.3 is 16.0 Å². The van der Waals surface area contributed by atoms with E-state index in [9.17, 15) is 21.6 Å². The van der Waals surface area contributed by atoms with Crippen LogP contribution in [0.15, 0.2) is 17.0 Å². The topological polar surface area (TPSA) is 180 Å². The van der Waals surface area contributed by atoms with Crippen LogP contribution in [0.1, 0.15) is 18.4 Å². The molecule has 0 bridgehead atoms. The summed E-state index contributed by atoms with van der Waals surface area (Å²) in [6.45, 7) is 0.740. The molecule has 1 aliphatic heterocycles. The van der Waals surface area contributed by atoms with Crippen molar-refractivity contribution < 1.29 is 21.6 Å². The van der Waals surface area contributed by atoms with Crippen LogP contribution in [0, 0.1) is 5.41 Å². The summed E-state index contributed by atoms with van der Waals surface area (Å²) in [6.07, 6.45) is -3.90. The van der Waals surface area contributed by atoms with Crippen LogP contribution in [-0.2, 0) is 16.2 Å². The van der Waals surface area contributed by atoms with E-state index < -0.39 is 26.7 Å². The molecular formula is C14H18F3N9O2S. The van der Waals surface area contributed by atoms with Crippen LogP contribution in [-0.4, -0.2) is 54.1 Å². The maximum absolute atomic E-state index is 13.5. The maximum atomic E-state index is 13.5. The van der Waals surface area contributed by atoms with Crippen LogP contribution in [0.25, 0.3) is 11.4 Å². The molecule has 0 aliphatic carbocycles. The molecule has 0 unspecified atom stereocenters. The Bertz CT molecular complexity index is 1000. The molecule has 1 aromatic carbocycles. The molecule has 7 N–H and O–H groups in total. The number of guanidine groups is 1. The summed E-state index contributed by atoms with van der Waals surface area (Å²) in [5.74, 6) is -0.429. The van der Waals surface area contributed by atoms with Crippen molar-refractivity contribution in [3.05, 3.63) is 17.7 Å². The third-order valence-electron chi connectivity index (χ3n) is 4.50. The molecule has 0 amide bonds. The van der Waals surface area contributed by atoms with Gasteiger partial charge in [-0.15, -0.1) is 5.10 Å². The van der Waals surface area contributed by atoms with E-state index in [-0.39, 0.29) is 29.1 Å². The van der Waals surface area contributed by atoms with Crippen molar-refractivity contribution in [2.75, 3.05) is 18.0 Å². The van der Waals surface area contributed by atoms with Crippen molar-refractivity contribution >= 4 is 21.7 Å². The fraction of sp³-hybridized carbons (Fsp3) is 0.429. The number of sulfonamides is 1. The second-order valence-electron chi connectivity index (χ2n) is 6.45. The Labute approximate surface area is 163 Å². The van der Waals surface area contributed by atoms with E-state index in [2.05, 4.69) is 25.9 Å². The second kappa shape index (κ2) is 7.47. The Hall–Kier alpha value is -2.94. The number of halogens is 3. The van der Waals surface area contributed by atoms with Gasteiger partial charge >= 0.3 is 6.18 Å². The largest absolute Gasteiger partial charge is 0.417 e. The van der Waals surface area contributed by atoms with Gasteiger partial charge in [0.25, 0.3) is 0 Å². The lowest BCUT2D eigenvalue weighted by molar-refractivity contribution is -0.139. The first kappa shape index (κ1) is 20.8. The van der Waals surface area contributed by atoms with Crippen molar-refractivity contribution in [2.45, 2.75) is 30.0 Å². The summed E-state index contributed by atoms with van der Waals surface area (Å²) < 4.78 is 64.8. The van der Waals surface area contributed by atoms with Crippen LogP contribution in [0.2, 0.25) is 0 Å². The molecule has 0 atom stereocenters. The van der Waals surface area contributed by atoms with Crippen LogP contribution in [0.5, 0.6) is 0 Å². The Morgan fingerprint density at radius 3 is 2.45 bits per heavy atom. The number of benzene rings is 1. The highest BCUT2D eigenvalue weighted by Gasteiger charge is 2.40. The van der Waals surface area contributed by atoms with Gasteiger partial charge in [-0.1, -0.05) is 0 Å². The average molecular weight is 433 g/mol. The summed E-state index contributed by atoms with van der Waals surface area (Å²) in [5, 5.41) is 27.8. The van der Waals surface area contributed by atoms with E-state index in [0.29, 0.717) is 32.0 Å². The Morgan fingerprint density at radius 1 is 1.31 bits per heavy atom. The minimum atomic E-state index is -4.96. The molecule has 1 fully saturated rings. The third kappa shape index (κ3) is 4.40.